The van der Waals surface area contributed by atoms with Crippen LogP contribution in [0.2, 0.25) is 0 Å². The molecule has 0 saturated carbocycles. The van der Waals surface area contributed by atoms with Gasteiger partial charge in [-0.15, -0.1) is 0 Å². The van der Waals surface area contributed by atoms with Crippen molar-refractivity contribution < 1.29 is 8.42 Å². The first-order chi connectivity index (χ1) is 8.62. The first-order valence-electron chi connectivity index (χ1n) is 7.29. The molecule has 0 aromatic heterocycles. The number of nitrogens with zero attached hydrogens (tertiary/aromatic N) is 1. The minimum atomic E-state index is -2.76. The van der Waals surface area contributed by atoms with E-state index in [1.54, 1.807) is 0 Å². The Balaban J connectivity index is 1.91. The van der Waals surface area contributed by atoms with Crippen LogP contribution < -0.4 is 5.32 Å². The zero-order valence-electron chi connectivity index (χ0n) is 11.4. The molecular weight excluding hydrogens is 248 g/mol. The molecule has 0 aromatic rings. The minimum absolute atomic E-state index is 0.281. The van der Waals surface area contributed by atoms with Gasteiger partial charge in [0.1, 0.15) is 0 Å². The van der Waals surface area contributed by atoms with Crippen molar-refractivity contribution in [1.82, 2.24) is 10.2 Å². The second kappa shape index (κ2) is 6.35. The number of hydrogen-bond acceptors (Lipinski definition) is 4. The zero-order chi connectivity index (χ0) is 13.0. The molecule has 2 fully saturated rings. The Kier molecular flexibility index (Phi) is 5.04. The third-order valence-electron chi connectivity index (χ3n) is 4.16. The third kappa shape index (κ3) is 3.68. The highest BCUT2D eigenvalue weighted by atomic mass is 32.2. The van der Waals surface area contributed by atoms with Gasteiger partial charge in [-0.2, -0.15) is 0 Å². The molecule has 2 aliphatic rings. The quantitative estimate of drug-likeness (QED) is 0.761. The average Bonchev–Trinajstić information content (AvgIpc) is 2.71. The van der Waals surface area contributed by atoms with E-state index in [0.717, 1.165) is 32.5 Å². The predicted molar refractivity (Wildman–Crippen MR) is 74.6 cm³/mol. The molecule has 106 valence electrons. The summed E-state index contributed by atoms with van der Waals surface area (Å²) >= 11 is 0. The van der Waals surface area contributed by atoms with Gasteiger partial charge in [0, 0.05) is 18.6 Å². The molecule has 2 saturated heterocycles. The van der Waals surface area contributed by atoms with Crippen LogP contribution >= 0.6 is 0 Å². The Morgan fingerprint density at radius 3 is 2.78 bits per heavy atom. The molecule has 18 heavy (non-hydrogen) atoms. The Morgan fingerprint density at radius 1 is 1.28 bits per heavy atom. The summed E-state index contributed by atoms with van der Waals surface area (Å²) in [6, 6.07) is 0.826. The summed E-state index contributed by atoms with van der Waals surface area (Å²) < 4.78 is 23.2. The van der Waals surface area contributed by atoms with Gasteiger partial charge >= 0.3 is 0 Å². The lowest BCUT2D eigenvalue weighted by atomic mass is 9.99. The van der Waals surface area contributed by atoms with Gasteiger partial charge in [0.2, 0.25) is 0 Å². The summed E-state index contributed by atoms with van der Waals surface area (Å²) in [5.41, 5.74) is 0. The van der Waals surface area contributed by atoms with E-state index in [-0.39, 0.29) is 6.04 Å². The van der Waals surface area contributed by atoms with E-state index in [1.807, 2.05) is 0 Å². The number of hydrogen-bond donors (Lipinski definition) is 1. The second-order valence-electron chi connectivity index (χ2n) is 5.65. The lowest BCUT2D eigenvalue weighted by Crippen LogP contribution is -2.51. The van der Waals surface area contributed by atoms with Gasteiger partial charge in [-0.25, -0.2) is 8.42 Å². The highest BCUT2D eigenvalue weighted by Gasteiger charge is 2.36. The Morgan fingerprint density at radius 2 is 2.11 bits per heavy atom. The van der Waals surface area contributed by atoms with Gasteiger partial charge < -0.3 is 5.32 Å². The normalized spacial score (nSPS) is 32.7. The molecule has 0 radical (unpaired) electrons. The SMILES string of the molecule is CCCNCC1CCCCN1C1CCS(=O)(=O)C1. The summed E-state index contributed by atoms with van der Waals surface area (Å²) in [4.78, 5) is 2.47. The van der Waals surface area contributed by atoms with Crippen molar-refractivity contribution in [3.05, 3.63) is 0 Å². The molecular formula is C13H26N2O2S. The van der Waals surface area contributed by atoms with Crippen LogP contribution in [0.25, 0.3) is 0 Å². The van der Waals surface area contributed by atoms with Gasteiger partial charge in [0.15, 0.2) is 9.84 Å². The topological polar surface area (TPSA) is 49.4 Å². The largest absolute Gasteiger partial charge is 0.315 e. The van der Waals surface area contributed by atoms with Crippen LogP contribution in [-0.2, 0) is 9.84 Å². The van der Waals surface area contributed by atoms with E-state index in [9.17, 15) is 8.42 Å². The number of piperidine rings is 1. The van der Waals surface area contributed by atoms with Crippen LogP contribution in [0.4, 0.5) is 0 Å². The smallest absolute Gasteiger partial charge is 0.151 e. The van der Waals surface area contributed by atoms with Crippen LogP contribution in [0.15, 0.2) is 0 Å². The fraction of sp³-hybridized carbons (Fsp3) is 1.00. The van der Waals surface area contributed by atoms with E-state index in [4.69, 9.17) is 0 Å². The maximum atomic E-state index is 11.6. The molecule has 0 aliphatic carbocycles. The van der Waals surface area contributed by atoms with Crippen LogP contribution in [0.3, 0.4) is 0 Å². The molecule has 5 heteroatoms. The van der Waals surface area contributed by atoms with Crippen molar-refractivity contribution in [3.63, 3.8) is 0 Å². The van der Waals surface area contributed by atoms with Crippen LogP contribution in [0.5, 0.6) is 0 Å². The van der Waals surface area contributed by atoms with Crippen molar-refractivity contribution in [2.45, 2.75) is 51.1 Å². The summed E-state index contributed by atoms with van der Waals surface area (Å²) in [7, 11) is -2.76. The Labute approximate surface area is 111 Å². The molecule has 4 nitrogen and oxygen atoms in total. The molecule has 2 unspecified atom stereocenters. The standard InChI is InChI=1S/C13H26N2O2S/c1-2-7-14-10-12-5-3-4-8-15(12)13-6-9-18(16,17)11-13/h12-14H,2-11H2,1H3. The number of likely N-dealkylation sites (tertiary alicyclic amines) is 1. The molecule has 0 aromatic carbocycles. The second-order valence-corrected chi connectivity index (χ2v) is 7.88. The van der Waals surface area contributed by atoms with E-state index < -0.39 is 9.84 Å². The number of nitrogens with one attached hydrogen (secondary N) is 1. The minimum Gasteiger partial charge on any atom is -0.315 e. The van der Waals surface area contributed by atoms with E-state index in [2.05, 4.69) is 17.1 Å². The van der Waals surface area contributed by atoms with Gasteiger partial charge in [0.25, 0.3) is 0 Å². The average molecular weight is 274 g/mol. The maximum Gasteiger partial charge on any atom is 0.151 e. The van der Waals surface area contributed by atoms with Gasteiger partial charge in [-0.1, -0.05) is 13.3 Å². The lowest BCUT2D eigenvalue weighted by Gasteiger charge is -2.39. The summed E-state index contributed by atoms with van der Waals surface area (Å²) in [5.74, 6) is 0.778. The number of rotatable bonds is 5. The van der Waals surface area contributed by atoms with Crippen LogP contribution in [0.1, 0.15) is 39.0 Å². The van der Waals surface area contributed by atoms with Gasteiger partial charge in [-0.05, 0) is 38.8 Å². The first-order valence-corrected chi connectivity index (χ1v) is 9.11. The maximum absolute atomic E-state index is 11.6. The van der Waals surface area contributed by atoms with Crippen molar-refractivity contribution in [2.24, 2.45) is 0 Å². The van der Waals surface area contributed by atoms with Crippen LogP contribution in [-0.4, -0.2) is 56.5 Å². The number of sulfone groups is 1. The highest BCUT2D eigenvalue weighted by Crippen LogP contribution is 2.25. The molecule has 2 atom stereocenters. The summed E-state index contributed by atoms with van der Waals surface area (Å²) in [6.07, 6.45) is 5.72. The third-order valence-corrected chi connectivity index (χ3v) is 5.91. The molecule has 0 amide bonds. The molecule has 1 N–H and O–H groups in total. The Hall–Kier alpha value is -0.130. The molecule has 2 aliphatic heterocycles. The highest BCUT2D eigenvalue weighted by molar-refractivity contribution is 7.91. The lowest BCUT2D eigenvalue weighted by molar-refractivity contribution is 0.105. The van der Waals surface area contributed by atoms with Crippen LogP contribution in [0, 0.1) is 0 Å². The molecule has 2 heterocycles. The van der Waals surface area contributed by atoms with Gasteiger partial charge in [-0.3, -0.25) is 4.90 Å². The van der Waals surface area contributed by atoms with E-state index in [1.165, 1.54) is 19.3 Å². The van der Waals surface area contributed by atoms with Crippen molar-refractivity contribution in [2.75, 3.05) is 31.1 Å². The van der Waals surface area contributed by atoms with E-state index in [0.29, 0.717) is 17.5 Å². The predicted octanol–water partition coefficient (Wildman–Crippen LogP) is 1.03. The van der Waals surface area contributed by atoms with E-state index >= 15 is 0 Å². The monoisotopic (exact) mass is 274 g/mol. The van der Waals surface area contributed by atoms with Crippen molar-refractivity contribution in [1.29, 1.82) is 0 Å². The van der Waals surface area contributed by atoms with Crippen molar-refractivity contribution in [3.8, 4) is 0 Å². The first kappa shape index (κ1) is 14.3. The zero-order valence-corrected chi connectivity index (χ0v) is 12.2. The van der Waals surface area contributed by atoms with Crippen molar-refractivity contribution >= 4 is 9.84 Å². The molecule has 0 bridgehead atoms. The fourth-order valence-corrected chi connectivity index (χ4v) is 4.95. The summed E-state index contributed by atoms with van der Waals surface area (Å²) in [6.45, 7) is 5.34. The fourth-order valence-electron chi connectivity index (χ4n) is 3.21. The molecule has 2 rings (SSSR count). The summed E-state index contributed by atoms with van der Waals surface area (Å²) in [5, 5.41) is 3.49. The Bertz CT molecular complexity index is 356. The molecule has 0 spiro atoms. The van der Waals surface area contributed by atoms with Gasteiger partial charge in [0.05, 0.1) is 11.5 Å².